The van der Waals surface area contributed by atoms with Crippen LogP contribution in [-0.4, -0.2) is 28.5 Å². The number of hydrogen-bond donors (Lipinski definition) is 3. The molecule has 0 bridgehead atoms. The average molecular weight is 464 g/mol. The van der Waals surface area contributed by atoms with Gasteiger partial charge < -0.3 is 16.4 Å². The summed E-state index contributed by atoms with van der Waals surface area (Å²) < 4.78 is 14.7. The van der Waals surface area contributed by atoms with Crippen molar-refractivity contribution in [1.29, 1.82) is 0 Å². The Morgan fingerprint density at radius 1 is 1.10 bits per heavy atom. The van der Waals surface area contributed by atoms with Crippen molar-refractivity contribution in [1.82, 2.24) is 14.9 Å². The lowest BCUT2D eigenvalue weighted by Crippen LogP contribution is -2.31. The molecule has 7 nitrogen and oxygen atoms in total. The minimum atomic E-state index is -0.900. The third-order valence-electron chi connectivity index (χ3n) is 4.49. The summed E-state index contributed by atoms with van der Waals surface area (Å²) in [5.41, 5.74) is 4.52. The molecule has 1 aliphatic heterocycles. The number of carbonyl (C=O) groups excluding carboxylic acids is 1. The first-order valence-electron chi connectivity index (χ1n) is 9.48. The fourth-order valence-corrected chi connectivity index (χ4v) is 3.51. The minimum absolute atomic E-state index is 0.0949. The lowest BCUT2D eigenvalue weighted by Gasteiger charge is -2.12. The number of aromatic nitrogens is 2. The van der Waals surface area contributed by atoms with Gasteiger partial charge in [0, 0.05) is 0 Å². The molecule has 3 aromatic rings. The second kappa shape index (κ2) is 10.4. The van der Waals surface area contributed by atoms with Crippen molar-refractivity contribution in [2.75, 3.05) is 24.1 Å². The van der Waals surface area contributed by atoms with E-state index < -0.39 is 22.8 Å². The van der Waals surface area contributed by atoms with E-state index in [2.05, 4.69) is 15.6 Å². The molecule has 1 fully saturated rings. The smallest absolute Gasteiger partial charge is 0.273 e. The van der Waals surface area contributed by atoms with E-state index in [1.54, 1.807) is 6.07 Å². The molecule has 31 heavy (non-hydrogen) atoms. The van der Waals surface area contributed by atoms with Crippen molar-refractivity contribution in [2.24, 2.45) is 0 Å². The standard InChI is InChI=1S/C17H11Cl2FN4O2.C4H9N/c18-9-4-3-5-10(19)14(9)24-8-22-15(21)13(17(24)26)16(25)23-12-7-2-1-6-11(12)20;1-2-4-5-3-1/h1-8H,21H2,(H,23,25);5H,1-4H2. The van der Waals surface area contributed by atoms with Crippen molar-refractivity contribution in [3.8, 4) is 5.69 Å². The van der Waals surface area contributed by atoms with Gasteiger partial charge in [-0.2, -0.15) is 0 Å². The first-order chi connectivity index (χ1) is 14.9. The number of rotatable bonds is 3. The van der Waals surface area contributed by atoms with Crippen LogP contribution >= 0.6 is 23.2 Å². The van der Waals surface area contributed by atoms with Crippen LogP contribution in [0.1, 0.15) is 23.2 Å². The quantitative estimate of drug-likeness (QED) is 0.546. The number of nitrogen functional groups attached to an aromatic ring is 1. The van der Waals surface area contributed by atoms with Crippen LogP contribution in [0.2, 0.25) is 10.0 Å². The summed E-state index contributed by atoms with van der Waals surface area (Å²) in [4.78, 5) is 29.1. The van der Waals surface area contributed by atoms with Crippen molar-refractivity contribution < 1.29 is 9.18 Å². The van der Waals surface area contributed by atoms with Gasteiger partial charge in [0.2, 0.25) is 0 Å². The fourth-order valence-electron chi connectivity index (χ4n) is 2.93. The molecule has 4 N–H and O–H groups in total. The highest BCUT2D eigenvalue weighted by atomic mass is 35.5. The Hall–Kier alpha value is -2.94. The highest BCUT2D eigenvalue weighted by Gasteiger charge is 2.21. The first kappa shape index (κ1) is 22.7. The molecule has 1 saturated heterocycles. The van der Waals surface area contributed by atoms with E-state index in [-0.39, 0.29) is 27.2 Å². The zero-order valence-electron chi connectivity index (χ0n) is 16.4. The number of anilines is 2. The number of nitrogens with zero attached hydrogens (tertiary/aromatic N) is 2. The molecule has 0 spiro atoms. The molecule has 0 atom stereocenters. The minimum Gasteiger partial charge on any atom is -0.383 e. The zero-order chi connectivity index (χ0) is 22.4. The maximum absolute atomic E-state index is 13.7. The van der Waals surface area contributed by atoms with E-state index >= 15 is 0 Å². The van der Waals surface area contributed by atoms with E-state index in [0.29, 0.717) is 0 Å². The Labute approximate surface area is 188 Å². The molecule has 1 aliphatic rings. The van der Waals surface area contributed by atoms with Gasteiger partial charge in [-0.15, -0.1) is 0 Å². The average Bonchev–Trinajstić information content (AvgIpc) is 3.31. The topological polar surface area (TPSA) is 102 Å². The number of nitrogens with two attached hydrogens (primary N) is 1. The Bertz CT molecular complexity index is 1120. The summed E-state index contributed by atoms with van der Waals surface area (Å²) in [5, 5.41) is 5.90. The number of hydrogen-bond acceptors (Lipinski definition) is 5. The maximum Gasteiger partial charge on any atom is 0.273 e. The Morgan fingerprint density at radius 3 is 2.32 bits per heavy atom. The number of amides is 1. The highest BCUT2D eigenvalue weighted by molar-refractivity contribution is 6.37. The lowest BCUT2D eigenvalue weighted by atomic mass is 10.2. The van der Waals surface area contributed by atoms with Gasteiger partial charge in [0.25, 0.3) is 11.5 Å². The molecule has 1 amide bonds. The van der Waals surface area contributed by atoms with Gasteiger partial charge >= 0.3 is 0 Å². The maximum atomic E-state index is 13.7. The SMILES string of the molecule is C1CCNC1.Nc1ncn(-c2c(Cl)cccc2Cl)c(=O)c1C(=O)Nc1ccccc1F. The lowest BCUT2D eigenvalue weighted by molar-refractivity contribution is 0.102. The molecule has 2 aromatic carbocycles. The Balaban J connectivity index is 0.000000478. The second-order valence-electron chi connectivity index (χ2n) is 6.64. The summed E-state index contributed by atoms with van der Waals surface area (Å²) in [7, 11) is 0. The van der Waals surface area contributed by atoms with Crippen molar-refractivity contribution >= 4 is 40.6 Å². The third kappa shape index (κ3) is 5.41. The number of para-hydroxylation sites is 2. The van der Waals surface area contributed by atoms with Crippen molar-refractivity contribution in [3.05, 3.63) is 80.6 Å². The van der Waals surface area contributed by atoms with Crippen molar-refractivity contribution in [2.45, 2.75) is 12.8 Å². The van der Waals surface area contributed by atoms with Gasteiger partial charge in [-0.1, -0.05) is 41.4 Å². The van der Waals surface area contributed by atoms with Crippen LogP contribution < -0.4 is 21.9 Å². The molecule has 2 heterocycles. The first-order valence-corrected chi connectivity index (χ1v) is 10.2. The molecule has 1 aromatic heterocycles. The summed E-state index contributed by atoms with van der Waals surface area (Å²) in [6.07, 6.45) is 3.89. The molecule has 0 radical (unpaired) electrons. The van der Waals surface area contributed by atoms with E-state index in [9.17, 15) is 14.0 Å². The molecule has 0 unspecified atom stereocenters. The van der Waals surface area contributed by atoms with Gasteiger partial charge in [0.15, 0.2) is 0 Å². The Kier molecular flexibility index (Phi) is 7.62. The van der Waals surface area contributed by atoms with Crippen LogP contribution in [0.3, 0.4) is 0 Å². The number of benzene rings is 2. The molecular formula is C21H20Cl2FN5O2. The third-order valence-corrected chi connectivity index (χ3v) is 5.10. The van der Waals surface area contributed by atoms with Gasteiger partial charge in [0.05, 0.1) is 21.4 Å². The van der Waals surface area contributed by atoms with Crippen LogP contribution in [0.15, 0.2) is 53.6 Å². The Morgan fingerprint density at radius 2 is 1.74 bits per heavy atom. The van der Waals surface area contributed by atoms with Crippen LogP contribution in [0.25, 0.3) is 5.69 Å². The van der Waals surface area contributed by atoms with Gasteiger partial charge in [-0.25, -0.2) is 9.37 Å². The summed E-state index contributed by atoms with van der Waals surface area (Å²) in [6.45, 7) is 2.50. The molecule has 162 valence electrons. The fraction of sp³-hybridized carbons (Fsp3) is 0.190. The number of halogens is 3. The molecule has 10 heteroatoms. The normalized spacial score (nSPS) is 12.7. The zero-order valence-corrected chi connectivity index (χ0v) is 17.9. The molecule has 0 saturated carbocycles. The van der Waals surface area contributed by atoms with E-state index in [1.165, 1.54) is 62.3 Å². The second-order valence-corrected chi connectivity index (χ2v) is 7.46. The van der Waals surface area contributed by atoms with Crippen LogP contribution in [-0.2, 0) is 0 Å². The largest absolute Gasteiger partial charge is 0.383 e. The number of carbonyl (C=O) groups is 1. The number of nitrogens with one attached hydrogen (secondary N) is 2. The summed E-state index contributed by atoms with van der Waals surface area (Å²) in [5.74, 6) is -1.86. The monoisotopic (exact) mass is 463 g/mol. The summed E-state index contributed by atoms with van der Waals surface area (Å²) >= 11 is 12.2. The van der Waals surface area contributed by atoms with E-state index in [1.807, 2.05) is 0 Å². The molecular weight excluding hydrogens is 444 g/mol. The van der Waals surface area contributed by atoms with E-state index in [0.717, 1.165) is 10.9 Å². The van der Waals surface area contributed by atoms with Crippen LogP contribution in [0, 0.1) is 5.82 Å². The van der Waals surface area contributed by atoms with Gasteiger partial charge in [0.1, 0.15) is 23.5 Å². The van der Waals surface area contributed by atoms with E-state index in [4.69, 9.17) is 28.9 Å². The van der Waals surface area contributed by atoms with Crippen LogP contribution in [0.4, 0.5) is 15.9 Å². The van der Waals surface area contributed by atoms with Crippen LogP contribution in [0.5, 0.6) is 0 Å². The predicted molar refractivity (Wildman–Crippen MR) is 121 cm³/mol. The predicted octanol–water partition coefficient (Wildman–Crippen LogP) is 3.88. The molecule has 0 aliphatic carbocycles. The highest BCUT2D eigenvalue weighted by Crippen LogP contribution is 2.27. The van der Waals surface area contributed by atoms with Crippen molar-refractivity contribution in [3.63, 3.8) is 0 Å². The van der Waals surface area contributed by atoms with Gasteiger partial charge in [-0.3, -0.25) is 14.2 Å². The summed E-state index contributed by atoms with van der Waals surface area (Å²) in [6, 6.07) is 10.2. The van der Waals surface area contributed by atoms with Gasteiger partial charge in [-0.05, 0) is 50.2 Å². The molecule has 4 rings (SSSR count).